The highest BCUT2D eigenvalue weighted by Gasteiger charge is 2.21. The first-order valence-electron chi connectivity index (χ1n) is 16.3. The van der Waals surface area contributed by atoms with Gasteiger partial charge in [0.15, 0.2) is 23.0 Å². The van der Waals surface area contributed by atoms with E-state index in [-0.39, 0.29) is 12.4 Å². The van der Waals surface area contributed by atoms with Crippen LogP contribution in [0.2, 0.25) is 0 Å². The van der Waals surface area contributed by atoms with Crippen LogP contribution in [0.4, 0.5) is 0 Å². The first-order chi connectivity index (χ1) is 21.6. The Hall–Kier alpha value is -3.53. The summed E-state index contributed by atoms with van der Waals surface area (Å²) in [5, 5.41) is 4.57. The van der Waals surface area contributed by atoms with E-state index < -0.39 is 0 Å². The van der Waals surface area contributed by atoms with E-state index in [1.165, 1.54) is 25.7 Å². The molecular weight excluding hydrogens is 556 g/mol. The van der Waals surface area contributed by atoms with Gasteiger partial charge in [0, 0.05) is 62.0 Å². The van der Waals surface area contributed by atoms with Gasteiger partial charge in [-0.2, -0.15) is 0 Å². The molecule has 0 atom stereocenters. The lowest BCUT2D eigenvalue weighted by atomic mass is 9.99. The van der Waals surface area contributed by atoms with Gasteiger partial charge in [-0.25, -0.2) is 0 Å². The van der Waals surface area contributed by atoms with Crippen LogP contribution in [0.25, 0.3) is 32.4 Å². The average molecular weight is 601 g/mol. The lowest BCUT2D eigenvalue weighted by Gasteiger charge is -2.32. The lowest BCUT2D eigenvalue weighted by molar-refractivity contribution is 0.145. The number of hydrogen-bond acceptors (Lipinski definition) is 8. The van der Waals surface area contributed by atoms with Gasteiger partial charge in [-0.05, 0) is 69.1 Å². The molecule has 1 aromatic heterocycles. The molecule has 2 fully saturated rings. The molecule has 3 aliphatic heterocycles. The highest BCUT2D eigenvalue weighted by molar-refractivity contribution is 6.16. The zero-order valence-corrected chi connectivity index (χ0v) is 26.1. The van der Waals surface area contributed by atoms with Crippen molar-refractivity contribution in [1.82, 2.24) is 19.3 Å². The molecule has 7 rings (SSSR count). The van der Waals surface area contributed by atoms with Gasteiger partial charge in [-0.15, -0.1) is 0 Å². The van der Waals surface area contributed by atoms with Gasteiger partial charge in [0.05, 0.1) is 24.6 Å². The fourth-order valence-electron chi connectivity index (χ4n) is 7.04. The van der Waals surface area contributed by atoms with Gasteiger partial charge in [0.25, 0.3) is 5.56 Å². The molecule has 3 aliphatic rings. The zero-order chi connectivity index (χ0) is 30.0. The molecule has 0 amide bonds. The molecule has 0 aliphatic carbocycles. The third kappa shape index (κ3) is 5.80. The average Bonchev–Trinajstić information content (AvgIpc) is 3.34. The molecule has 4 heterocycles. The normalized spacial score (nSPS) is 18.3. The summed E-state index contributed by atoms with van der Waals surface area (Å²) >= 11 is 0. The van der Waals surface area contributed by atoms with Gasteiger partial charge in [0.2, 0.25) is 6.79 Å². The summed E-state index contributed by atoms with van der Waals surface area (Å²) in [4.78, 5) is 21.8. The second kappa shape index (κ2) is 12.8. The van der Waals surface area contributed by atoms with E-state index in [1.807, 2.05) is 28.8 Å². The minimum atomic E-state index is -0.00703. The second-order valence-electron chi connectivity index (χ2n) is 12.5. The molecule has 0 spiro atoms. The summed E-state index contributed by atoms with van der Waals surface area (Å²) in [5.74, 6) is 2.73. The van der Waals surface area contributed by atoms with Crippen molar-refractivity contribution < 1.29 is 18.9 Å². The molecule has 3 aromatic carbocycles. The number of methoxy groups -OCH3 is 1. The molecule has 9 heteroatoms. The highest BCUT2D eigenvalue weighted by atomic mass is 16.7. The van der Waals surface area contributed by atoms with E-state index in [9.17, 15) is 4.79 Å². The Morgan fingerprint density at radius 2 is 1.45 bits per heavy atom. The monoisotopic (exact) mass is 600 g/mol. The fourth-order valence-corrected chi connectivity index (χ4v) is 7.04. The molecule has 0 bridgehead atoms. The number of benzene rings is 3. The summed E-state index contributed by atoms with van der Waals surface area (Å²) in [5.41, 5.74) is 0.923. The van der Waals surface area contributed by atoms with Crippen molar-refractivity contribution in [3.63, 3.8) is 0 Å². The number of likely N-dealkylation sites (N-methyl/N-ethyl adjacent to an activating group) is 1. The van der Waals surface area contributed by atoms with Crippen molar-refractivity contribution in [1.29, 1.82) is 0 Å². The van der Waals surface area contributed by atoms with Crippen molar-refractivity contribution in [2.24, 2.45) is 0 Å². The molecule has 0 N–H and O–H groups in total. The summed E-state index contributed by atoms with van der Waals surface area (Å²) in [6.45, 7) is 9.86. The molecule has 44 heavy (non-hydrogen) atoms. The Morgan fingerprint density at radius 1 is 0.727 bits per heavy atom. The number of ether oxygens (including phenoxy) is 4. The molecule has 2 saturated heterocycles. The number of aromatic nitrogens is 1. The van der Waals surface area contributed by atoms with Crippen molar-refractivity contribution in [2.75, 3.05) is 79.9 Å². The van der Waals surface area contributed by atoms with Crippen LogP contribution < -0.4 is 24.5 Å². The maximum absolute atomic E-state index is 14.4. The van der Waals surface area contributed by atoms with E-state index in [2.05, 4.69) is 33.9 Å². The molecular formula is C35H44N4O5. The third-order valence-corrected chi connectivity index (χ3v) is 9.63. The van der Waals surface area contributed by atoms with Gasteiger partial charge in [-0.3, -0.25) is 4.79 Å². The summed E-state index contributed by atoms with van der Waals surface area (Å²) in [6, 6.07) is 12.2. The number of likely N-dealkylation sites (tertiary alicyclic amines) is 1. The van der Waals surface area contributed by atoms with Crippen LogP contribution >= 0.6 is 0 Å². The molecule has 9 nitrogen and oxygen atoms in total. The Labute approximate surface area is 258 Å². The highest BCUT2D eigenvalue weighted by Crippen LogP contribution is 2.41. The number of fused-ring (bicyclic) bond motifs is 6. The van der Waals surface area contributed by atoms with Crippen molar-refractivity contribution in [2.45, 2.75) is 38.6 Å². The largest absolute Gasteiger partial charge is 0.493 e. The Bertz CT molecular complexity index is 1700. The van der Waals surface area contributed by atoms with E-state index in [0.29, 0.717) is 30.0 Å². The van der Waals surface area contributed by atoms with Gasteiger partial charge in [-0.1, -0.05) is 25.0 Å². The molecule has 4 aromatic rings. The van der Waals surface area contributed by atoms with Gasteiger partial charge >= 0.3 is 0 Å². The number of piperazine rings is 1. The summed E-state index contributed by atoms with van der Waals surface area (Å²) < 4.78 is 25.6. The fraction of sp³-hybridized carbons (Fsp3) is 0.514. The van der Waals surface area contributed by atoms with Crippen molar-refractivity contribution in [3.05, 3.63) is 46.8 Å². The topological polar surface area (TPSA) is 68.6 Å². The molecule has 0 radical (unpaired) electrons. The zero-order valence-electron chi connectivity index (χ0n) is 26.1. The molecule has 234 valence electrons. The standard InChI is InChI=1S/C35H44N4O5/c1-36-13-15-38(16-14-36)12-7-19-42-32-22-28-26-9-8-25-20-31-33(44-24-43-31)21-27(25)34(26)39(35(40)29(28)23-30(32)41-2)18-17-37-10-5-3-4-6-11-37/h8-9,20-23H,3-7,10-19,24H2,1-2H3. The SMILES string of the molecule is COc1cc2c(=O)n(CCN3CCCCCC3)c3c4cc5c(cc4ccc3c2cc1OCCCN1CCN(C)CC1)OCO5. The van der Waals surface area contributed by atoms with Gasteiger partial charge in [0.1, 0.15) is 0 Å². The van der Waals surface area contributed by atoms with Crippen molar-refractivity contribution >= 4 is 32.4 Å². The van der Waals surface area contributed by atoms with Crippen LogP contribution in [0.5, 0.6) is 23.0 Å². The Kier molecular flexibility index (Phi) is 8.51. The number of hydrogen-bond donors (Lipinski definition) is 0. The lowest BCUT2D eigenvalue weighted by Crippen LogP contribution is -2.44. The van der Waals surface area contributed by atoms with Crippen LogP contribution in [0, 0.1) is 0 Å². The van der Waals surface area contributed by atoms with E-state index in [0.717, 1.165) is 97.3 Å². The number of nitrogens with zero attached hydrogens (tertiary/aromatic N) is 4. The second-order valence-corrected chi connectivity index (χ2v) is 12.5. The van der Waals surface area contributed by atoms with E-state index >= 15 is 0 Å². The molecule has 0 unspecified atom stereocenters. The number of rotatable bonds is 9. The smallest absolute Gasteiger partial charge is 0.259 e. The van der Waals surface area contributed by atoms with Crippen molar-refractivity contribution in [3.8, 4) is 23.0 Å². The van der Waals surface area contributed by atoms with Gasteiger partial charge < -0.3 is 38.2 Å². The minimum absolute atomic E-state index is 0.00703. The maximum Gasteiger partial charge on any atom is 0.259 e. The minimum Gasteiger partial charge on any atom is -0.493 e. The Balaban J connectivity index is 1.27. The maximum atomic E-state index is 14.4. The quantitative estimate of drug-likeness (QED) is 0.198. The van der Waals surface area contributed by atoms with E-state index in [1.54, 1.807) is 7.11 Å². The third-order valence-electron chi connectivity index (χ3n) is 9.63. The van der Waals surface area contributed by atoms with Crippen LogP contribution in [0.3, 0.4) is 0 Å². The number of pyridine rings is 1. The predicted octanol–water partition coefficient (Wildman–Crippen LogP) is 4.94. The summed E-state index contributed by atoms with van der Waals surface area (Å²) in [6.07, 6.45) is 5.94. The van der Waals surface area contributed by atoms with Crippen LogP contribution in [0.1, 0.15) is 32.1 Å². The predicted molar refractivity (Wildman–Crippen MR) is 175 cm³/mol. The first kappa shape index (κ1) is 29.2. The van der Waals surface area contributed by atoms with Crippen LogP contribution in [0.15, 0.2) is 41.2 Å². The summed E-state index contributed by atoms with van der Waals surface area (Å²) in [7, 11) is 3.83. The van der Waals surface area contributed by atoms with Crippen LogP contribution in [-0.2, 0) is 6.54 Å². The van der Waals surface area contributed by atoms with Crippen LogP contribution in [-0.4, -0.2) is 99.2 Å². The molecule has 0 saturated carbocycles. The Morgan fingerprint density at radius 3 is 2.23 bits per heavy atom. The van der Waals surface area contributed by atoms with E-state index in [4.69, 9.17) is 18.9 Å². The first-order valence-corrected chi connectivity index (χ1v) is 16.3.